The van der Waals surface area contributed by atoms with Crippen molar-refractivity contribution in [2.45, 2.75) is 37.6 Å². The van der Waals surface area contributed by atoms with Crippen LogP contribution in [0.2, 0.25) is 5.15 Å². The lowest BCUT2D eigenvalue weighted by Crippen LogP contribution is -2.36. The van der Waals surface area contributed by atoms with E-state index in [9.17, 15) is 0 Å². The Morgan fingerprint density at radius 3 is 2.80 bits per heavy atom. The molecule has 0 unspecified atom stereocenters. The minimum absolute atomic E-state index is 0.0452. The summed E-state index contributed by atoms with van der Waals surface area (Å²) in [6.45, 7) is 2.05. The number of rotatable bonds is 2. The van der Waals surface area contributed by atoms with Gasteiger partial charge in [0.25, 0.3) is 0 Å². The molecule has 20 heavy (non-hydrogen) atoms. The zero-order chi connectivity index (χ0) is 13.6. The van der Waals surface area contributed by atoms with E-state index >= 15 is 0 Å². The molecular formula is C15H17ClN4. The quantitative estimate of drug-likeness (QED) is 0.863. The Bertz CT molecular complexity index is 604. The minimum Gasteiger partial charge on any atom is -0.370 e. The average molecular weight is 289 g/mol. The van der Waals surface area contributed by atoms with Gasteiger partial charge in [0.2, 0.25) is 0 Å². The van der Waals surface area contributed by atoms with Crippen LogP contribution >= 0.6 is 11.6 Å². The summed E-state index contributed by atoms with van der Waals surface area (Å²) in [4.78, 5) is 4.25. The van der Waals surface area contributed by atoms with Crippen LogP contribution < -0.4 is 5.32 Å². The smallest absolute Gasteiger partial charge is 0.129 e. The molecule has 2 aliphatic rings. The number of halogens is 1. The van der Waals surface area contributed by atoms with Gasteiger partial charge in [0.05, 0.1) is 5.69 Å². The molecule has 104 valence electrons. The first-order valence-corrected chi connectivity index (χ1v) is 7.60. The van der Waals surface area contributed by atoms with Crippen LogP contribution in [0.1, 0.15) is 36.9 Å². The lowest BCUT2D eigenvalue weighted by atomic mass is 9.63. The summed E-state index contributed by atoms with van der Waals surface area (Å²) >= 11 is 5.91. The molecule has 4 rings (SSSR count). The molecule has 0 saturated heterocycles. The van der Waals surface area contributed by atoms with Gasteiger partial charge in [-0.1, -0.05) is 24.1 Å². The van der Waals surface area contributed by atoms with Gasteiger partial charge in [-0.05, 0) is 30.9 Å². The second-order valence-corrected chi connectivity index (χ2v) is 6.11. The summed E-state index contributed by atoms with van der Waals surface area (Å²) in [7, 11) is 0. The fourth-order valence-electron chi connectivity index (χ4n) is 3.29. The van der Waals surface area contributed by atoms with Gasteiger partial charge in [-0.25, -0.2) is 9.67 Å². The Morgan fingerprint density at radius 1 is 1.25 bits per heavy atom. The zero-order valence-corrected chi connectivity index (χ0v) is 12.0. The summed E-state index contributed by atoms with van der Waals surface area (Å²) in [5, 5.41) is 8.81. The molecular weight excluding hydrogens is 272 g/mol. The zero-order valence-electron chi connectivity index (χ0n) is 11.3. The first-order valence-electron chi connectivity index (χ1n) is 7.22. The Balaban J connectivity index is 1.77. The molecule has 2 aromatic heterocycles. The molecule has 0 spiro atoms. The molecule has 4 nitrogen and oxygen atoms in total. The first kappa shape index (κ1) is 12.2. The van der Waals surface area contributed by atoms with E-state index in [1.165, 1.54) is 17.7 Å². The first-order chi connectivity index (χ1) is 9.78. The molecule has 1 N–H and O–H groups in total. The van der Waals surface area contributed by atoms with E-state index in [0.717, 1.165) is 38.2 Å². The molecule has 0 amide bonds. The third kappa shape index (κ3) is 1.74. The standard InChI is InChI=1S/C15H17ClN4/c16-13-4-3-11(10-18-13)15(5-1-6-15)12-9-14-17-7-2-8-20(14)19-12/h3-4,9-10,17H,1-2,5-8H2. The van der Waals surface area contributed by atoms with Crippen molar-refractivity contribution in [3.63, 3.8) is 0 Å². The van der Waals surface area contributed by atoms with Crippen LogP contribution in [-0.2, 0) is 12.0 Å². The Hall–Kier alpha value is -1.55. The molecule has 0 radical (unpaired) electrons. The molecule has 3 heterocycles. The fraction of sp³-hybridized carbons (Fsp3) is 0.467. The highest BCUT2D eigenvalue weighted by atomic mass is 35.5. The van der Waals surface area contributed by atoms with E-state index in [-0.39, 0.29) is 5.41 Å². The maximum Gasteiger partial charge on any atom is 0.129 e. The van der Waals surface area contributed by atoms with Gasteiger partial charge in [0.1, 0.15) is 11.0 Å². The van der Waals surface area contributed by atoms with Crippen LogP contribution in [0.3, 0.4) is 0 Å². The van der Waals surface area contributed by atoms with E-state index in [0.29, 0.717) is 5.15 Å². The highest BCUT2D eigenvalue weighted by Gasteiger charge is 2.43. The number of fused-ring (bicyclic) bond motifs is 1. The molecule has 2 aromatic rings. The predicted molar refractivity (Wildman–Crippen MR) is 79.2 cm³/mol. The van der Waals surface area contributed by atoms with Gasteiger partial charge in [0, 0.05) is 30.8 Å². The summed E-state index contributed by atoms with van der Waals surface area (Å²) in [5.41, 5.74) is 2.46. The van der Waals surface area contributed by atoms with Crippen LogP contribution in [-0.4, -0.2) is 21.3 Å². The monoisotopic (exact) mass is 288 g/mol. The number of aromatic nitrogens is 3. The van der Waals surface area contributed by atoms with Crippen molar-refractivity contribution in [2.24, 2.45) is 0 Å². The van der Waals surface area contributed by atoms with Crippen molar-refractivity contribution in [3.8, 4) is 0 Å². The average Bonchev–Trinajstić information content (AvgIpc) is 2.83. The maximum atomic E-state index is 5.91. The van der Waals surface area contributed by atoms with Crippen molar-refractivity contribution in [3.05, 3.63) is 40.8 Å². The number of hydrogen-bond donors (Lipinski definition) is 1. The summed E-state index contributed by atoms with van der Waals surface area (Å²) in [5.74, 6) is 1.15. The van der Waals surface area contributed by atoms with E-state index in [2.05, 4.69) is 27.1 Å². The topological polar surface area (TPSA) is 42.7 Å². The van der Waals surface area contributed by atoms with E-state index in [1.54, 1.807) is 0 Å². The van der Waals surface area contributed by atoms with Crippen LogP contribution in [0.5, 0.6) is 0 Å². The number of nitrogens with one attached hydrogen (secondary N) is 1. The van der Waals surface area contributed by atoms with Crippen molar-refractivity contribution >= 4 is 17.4 Å². The maximum absolute atomic E-state index is 5.91. The fourth-order valence-corrected chi connectivity index (χ4v) is 3.40. The van der Waals surface area contributed by atoms with Crippen molar-refractivity contribution in [1.29, 1.82) is 0 Å². The predicted octanol–water partition coefficient (Wildman–Crippen LogP) is 3.22. The Morgan fingerprint density at radius 2 is 2.15 bits per heavy atom. The molecule has 0 bridgehead atoms. The van der Waals surface area contributed by atoms with Gasteiger partial charge in [-0.3, -0.25) is 0 Å². The molecule has 0 atom stereocenters. The molecule has 0 aromatic carbocycles. The van der Waals surface area contributed by atoms with Crippen LogP contribution in [0, 0.1) is 0 Å². The number of nitrogens with zero attached hydrogens (tertiary/aromatic N) is 3. The van der Waals surface area contributed by atoms with E-state index in [1.807, 2.05) is 12.3 Å². The molecule has 1 saturated carbocycles. The SMILES string of the molecule is Clc1ccc(C2(c3cc4n(n3)CCCN4)CCC2)cn1. The largest absolute Gasteiger partial charge is 0.370 e. The van der Waals surface area contributed by atoms with Crippen LogP contribution in [0.25, 0.3) is 0 Å². The third-order valence-electron chi connectivity index (χ3n) is 4.61. The van der Waals surface area contributed by atoms with Crippen LogP contribution in [0.4, 0.5) is 5.82 Å². The van der Waals surface area contributed by atoms with Gasteiger partial charge in [-0.2, -0.15) is 5.10 Å². The number of anilines is 1. The summed E-state index contributed by atoms with van der Waals surface area (Å²) in [6, 6.07) is 6.19. The Kier molecular flexibility index (Phi) is 2.74. The van der Waals surface area contributed by atoms with Crippen molar-refractivity contribution in [1.82, 2.24) is 14.8 Å². The molecule has 1 aliphatic carbocycles. The molecule has 1 aliphatic heterocycles. The van der Waals surface area contributed by atoms with Crippen LogP contribution in [0.15, 0.2) is 24.4 Å². The lowest BCUT2D eigenvalue weighted by Gasteiger charge is -2.40. The van der Waals surface area contributed by atoms with E-state index in [4.69, 9.17) is 16.7 Å². The van der Waals surface area contributed by atoms with Crippen molar-refractivity contribution in [2.75, 3.05) is 11.9 Å². The molecule has 5 heteroatoms. The highest BCUT2D eigenvalue weighted by Crippen LogP contribution is 2.48. The summed E-state index contributed by atoms with van der Waals surface area (Å²) in [6.07, 6.45) is 6.59. The number of hydrogen-bond acceptors (Lipinski definition) is 3. The van der Waals surface area contributed by atoms with Gasteiger partial charge < -0.3 is 5.32 Å². The van der Waals surface area contributed by atoms with Crippen molar-refractivity contribution < 1.29 is 0 Å². The lowest BCUT2D eigenvalue weighted by molar-refractivity contribution is 0.290. The normalized spacial score (nSPS) is 19.9. The Labute approximate surface area is 123 Å². The van der Waals surface area contributed by atoms with Gasteiger partial charge >= 0.3 is 0 Å². The second kappa shape index (κ2) is 4.48. The summed E-state index contributed by atoms with van der Waals surface area (Å²) < 4.78 is 2.10. The highest BCUT2D eigenvalue weighted by molar-refractivity contribution is 6.29. The van der Waals surface area contributed by atoms with Gasteiger partial charge in [0.15, 0.2) is 0 Å². The third-order valence-corrected chi connectivity index (χ3v) is 4.83. The number of aryl methyl sites for hydroxylation is 1. The number of pyridine rings is 1. The van der Waals surface area contributed by atoms with Gasteiger partial charge in [-0.15, -0.1) is 0 Å². The molecule has 1 fully saturated rings. The minimum atomic E-state index is 0.0452. The van der Waals surface area contributed by atoms with E-state index < -0.39 is 0 Å². The second-order valence-electron chi connectivity index (χ2n) is 5.72.